The molecule has 0 rings (SSSR count). The Balaban J connectivity index is 4.61. The molecule has 0 aromatic carbocycles. The first-order valence-corrected chi connectivity index (χ1v) is 3.35. The summed E-state index contributed by atoms with van der Waals surface area (Å²) in [6.45, 7) is 1.40. The number of carboxylic acids is 2. The van der Waals surface area contributed by atoms with E-state index in [0.717, 1.165) is 0 Å². The maximum absolute atomic E-state index is 10.3. The predicted molar refractivity (Wildman–Crippen MR) is 42.4 cm³/mol. The van der Waals surface area contributed by atoms with E-state index in [1.165, 1.54) is 6.92 Å². The maximum atomic E-state index is 10.3. The molecule has 0 saturated carbocycles. The van der Waals surface area contributed by atoms with E-state index < -0.39 is 18.0 Å². The van der Waals surface area contributed by atoms with E-state index >= 15 is 0 Å². The second-order valence-corrected chi connectivity index (χ2v) is 2.28. The van der Waals surface area contributed by atoms with E-state index in [9.17, 15) is 9.59 Å². The van der Waals surface area contributed by atoms with Crippen molar-refractivity contribution in [2.24, 2.45) is 4.99 Å². The first kappa shape index (κ1) is 11.1. The molecule has 0 fully saturated rings. The third-order valence-corrected chi connectivity index (χ3v) is 1.15. The van der Waals surface area contributed by atoms with Crippen LogP contribution in [0.5, 0.6) is 0 Å². The summed E-state index contributed by atoms with van der Waals surface area (Å²) in [5.41, 5.74) is 0.192. The lowest BCUT2D eigenvalue weighted by molar-refractivity contribution is -0.149. The number of nitriles is 1. The summed E-state index contributed by atoms with van der Waals surface area (Å²) in [5.74, 6) is -3.07. The van der Waals surface area contributed by atoms with Gasteiger partial charge in [-0.1, -0.05) is 0 Å². The van der Waals surface area contributed by atoms with Crippen molar-refractivity contribution in [3.63, 3.8) is 0 Å². The topological polar surface area (TPSA) is 111 Å². The molecule has 0 aromatic rings. The van der Waals surface area contributed by atoms with Crippen LogP contribution in [-0.2, 0) is 9.59 Å². The van der Waals surface area contributed by atoms with Crippen LogP contribution in [0.25, 0.3) is 0 Å². The van der Waals surface area contributed by atoms with Crippen molar-refractivity contribution in [2.75, 3.05) is 0 Å². The molecule has 13 heavy (non-hydrogen) atoms. The van der Waals surface area contributed by atoms with Gasteiger partial charge in [0.05, 0.1) is 12.5 Å². The van der Waals surface area contributed by atoms with Crippen LogP contribution in [0.2, 0.25) is 0 Å². The smallest absolute Gasteiger partial charge is 0.340 e. The van der Waals surface area contributed by atoms with Crippen LogP contribution in [-0.4, -0.2) is 33.9 Å². The average molecular weight is 184 g/mol. The number of hydrogen-bond acceptors (Lipinski definition) is 4. The van der Waals surface area contributed by atoms with Crippen LogP contribution in [0.1, 0.15) is 13.3 Å². The second kappa shape index (κ2) is 4.87. The number of hydrogen-bond donors (Lipinski definition) is 2. The molecule has 0 aliphatic carbocycles. The normalized spacial score (nSPS) is 11.0. The molecule has 6 heteroatoms. The van der Waals surface area contributed by atoms with Crippen LogP contribution < -0.4 is 0 Å². The fourth-order valence-electron chi connectivity index (χ4n) is 0.597. The standard InChI is InChI=1S/C7H8N2O4/c1-4(2-3-8)9-5(6(10)11)7(12)13/h5H,2H2,1H3,(H,10,11)(H,12,13). The van der Waals surface area contributed by atoms with Gasteiger partial charge in [-0.2, -0.15) is 5.26 Å². The van der Waals surface area contributed by atoms with Crippen LogP contribution in [0, 0.1) is 11.3 Å². The van der Waals surface area contributed by atoms with Crippen molar-refractivity contribution in [2.45, 2.75) is 19.4 Å². The van der Waals surface area contributed by atoms with Crippen LogP contribution in [0.3, 0.4) is 0 Å². The molecule has 0 spiro atoms. The molecule has 0 heterocycles. The Kier molecular flexibility index (Phi) is 4.16. The monoisotopic (exact) mass is 184 g/mol. The molecule has 0 bridgehead atoms. The highest BCUT2D eigenvalue weighted by atomic mass is 16.4. The summed E-state index contributed by atoms with van der Waals surface area (Å²) in [7, 11) is 0. The molecule has 70 valence electrons. The molecule has 0 aliphatic heterocycles. The first-order valence-electron chi connectivity index (χ1n) is 3.35. The van der Waals surface area contributed by atoms with Crippen LogP contribution in [0.4, 0.5) is 0 Å². The van der Waals surface area contributed by atoms with E-state index in [2.05, 4.69) is 4.99 Å². The highest BCUT2D eigenvalue weighted by Crippen LogP contribution is 1.95. The molecule has 0 amide bonds. The van der Waals surface area contributed by atoms with Crippen LogP contribution >= 0.6 is 0 Å². The van der Waals surface area contributed by atoms with Gasteiger partial charge in [-0.3, -0.25) is 4.99 Å². The fraction of sp³-hybridized carbons (Fsp3) is 0.429. The molecule has 0 saturated heterocycles. The highest BCUT2D eigenvalue weighted by Gasteiger charge is 2.24. The van der Waals surface area contributed by atoms with Gasteiger partial charge < -0.3 is 10.2 Å². The zero-order valence-electron chi connectivity index (χ0n) is 6.89. The van der Waals surface area contributed by atoms with Crippen molar-refractivity contribution in [3.05, 3.63) is 0 Å². The SMILES string of the molecule is CC(CC#N)=NC(C(=O)O)C(=O)O. The lowest BCUT2D eigenvalue weighted by atomic mass is 10.2. The molecular weight excluding hydrogens is 176 g/mol. The van der Waals surface area contributed by atoms with Gasteiger partial charge in [-0.25, -0.2) is 9.59 Å². The first-order chi connectivity index (χ1) is 5.99. The second-order valence-electron chi connectivity index (χ2n) is 2.28. The number of carboxylic acid groups (broad SMARTS) is 2. The largest absolute Gasteiger partial charge is 0.479 e. The van der Waals surface area contributed by atoms with Gasteiger partial charge in [0.25, 0.3) is 0 Å². The Bertz CT molecular complexity index is 275. The number of aliphatic imine (C=N–C) groups is 1. The summed E-state index contributed by atoms with van der Waals surface area (Å²) < 4.78 is 0. The van der Waals surface area contributed by atoms with Gasteiger partial charge in [0.15, 0.2) is 0 Å². The summed E-state index contributed by atoms with van der Waals surface area (Å²) in [5, 5.41) is 25.0. The quantitative estimate of drug-likeness (QED) is 0.468. The van der Waals surface area contributed by atoms with Gasteiger partial charge in [0.2, 0.25) is 6.04 Å². The molecule has 0 radical (unpaired) electrons. The van der Waals surface area contributed by atoms with Crippen molar-refractivity contribution in [1.29, 1.82) is 5.26 Å². The molecule has 0 aliphatic rings. The minimum absolute atomic E-state index is 0.0724. The van der Waals surface area contributed by atoms with Gasteiger partial charge in [0, 0.05) is 5.71 Å². The Hall–Kier alpha value is -1.90. The van der Waals surface area contributed by atoms with Gasteiger partial charge in [-0.15, -0.1) is 0 Å². The average Bonchev–Trinajstić information content (AvgIpc) is 1.99. The molecular formula is C7H8N2O4. The molecule has 0 atom stereocenters. The van der Waals surface area contributed by atoms with E-state index in [4.69, 9.17) is 15.5 Å². The summed E-state index contributed by atoms with van der Waals surface area (Å²) >= 11 is 0. The Morgan fingerprint density at radius 1 is 1.46 bits per heavy atom. The Labute approximate surface area is 74.1 Å². The minimum Gasteiger partial charge on any atom is -0.479 e. The van der Waals surface area contributed by atoms with Crippen molar-refractivity contribution in [3.8, 4) is 6.07 Å². The van der Waals surface area contributed by atoms with Gasteiger partial charge >= 0.3 is 11.9 Å². The summed E-state index contributed by atoms with van der Waals surface area (Å²) in [6, 6.07) is -0.0777. The van der Waals surface area contributed by atoms with E-state index in [1.807, 2.05) is 0 Å². The van der Waals surface area contributed by atoms with Gasteiger partial charge in [-0.05, 0) is 6.92 Å². The van der Waals surface area contributed by atoms with Crippen LogP contribution in [0.15, 0.2) is 4.99 Å². The Morgan fingerprint density at radius 3 is 2.23 bits per heavy atom. The number of rotatable bonds is 4. The van der Waals surface area contributed by atoms with Crippen molar-refractivity contribution in [1.82, 2.24) is 0 Å². The maximum Gasteiger partial charge on any atom is 0.340 e. The highest BCUT2D eigenvalue weighted by molar-refractivity contribution is 6.00. The molecule has 0 unspecified atom stereocenters. The van der Waals surface area contributed by atoms with E-state index in [-0.39, 0.29) is 12.1 Å². The van der Waals surface area contributed by atoms with E-state index in [0.29, 0.717) is 0 Å². The van der Waals surface area contributed by atoms with Crippen molar-refractivity contribution >= 4 is 17.7 Å². The third-order valence-electron chi connectivity index (χ3n) is 1.15. The zero-order chi connectivity index (χ0) is 10.4. The predicted octanol–water partition coefficient (Wildman–Crippen LogP) is -0.101. The fourth-order valence-corrected chi connectivity index (χ4v) is 0.597. The van der Waals surface area contributed by atoms with E-state index in [1.54, 1.807) is 6.07 Å². The summed E-state index contributed by atoms with van der Waals surface area (Å²) in [4.78, 5) is 24.0. The van der Waals surface area contributed by atoms with Gasteiger partial charge in [0.1, 0.15) is 0 Å². The Morgan fingerprint density at radius 2 is 1.92 bits per heavy atom. The number of nitrogens with zero attached hydrogens (tertiary/aromatic N) is 2. The van der Waals surface area contributed by atoms with Crippen molar-refractivity contribution < 1.29 is 19.8 Å². The number of aliphatic carboxylic acids is 2. The summed E-state index contributed by atoms with van der Waals surface area (Å²) in [6.07, 6.45) is -0.0724. The minimum atomic E-state index is -1.81. The molecule has 2 N–H and O–H groups in total. The zero-order valence-corrected chi connectivity index (χ0v) is 6.89. The molecule has 6 nitrogen and oxygen atoms in total. The third kappa shape index (κ3) is 3.86. The number of carbonyl (C=O) groups is 2. The molecule has 0 aromatic heterocycles. The lowest BCUT2D eigenvalue weighted by Gasteiger charge is -2.01. The lowest BCUT2D eigenvalue weighted by Crippen LogP contribution is -2.28.